The fourth-order valence-electron chi connectivity index (χ4n) is 1.56. The van der Waals surface area contributed by atoms with Gasteiger partial charge in [0.15, 0.2) is 5.69 Å². The molecule has 0 spiro atoms. The molecule has 0 saturated carbocycles. The highest BCUT2D eigenvalue weighted by atomic mass is 35.5. The molecule has 1 aromatic carbocycles. The van der Waals surface area contributed by atoms with E-state index >= 15 is 0 Å². The van der Waals surface area contributed by atoms with Crippen molar-refractivity contribution in [3.63, 3.8) is 0 Å². The van der Waals surface area contributed by atoms with Crippen molar-refractivity contribution in [2.24, 2.45) is 0 Å². The van der Waals surface area contributed by atoms with Crippen LogP contribution in [0.4, 0.5) is 14.6 Å². The molecule has 2 aromatic rings. The van der Waals surface area contributed by atoms with Gasteiger partial charge in [0.2, 0.25) is 0 Å². The standard InChI is InChI=1S/C13H9ClF2N4O/c14-9-1-2-11(21-13(15)16)8(3-9)5-19-12-7-18-10(4-17)6-20-12/h1-3,6-7,13H,5H2,(H,19,20). The first-order valence-electron chi connectivity index (χ1n) is 5.77. The predicted molar refractivity (Wildman–Crippen MR) is 72.2 cm³/mol. The van der Waals surface area contributed by atoms with Crippen LogP contribution in [0.5, 0.6) is 5.75 Å². The minimum atomic E-state index is -2.92. The number of nitrogens with zero attached hydrogens (tertiary/aromatic N) is 3. The van der Waals surface area contributed by atoms with Crippen LogP contribution in [0, 0.1) is 11.3 Å². The molecule has 0 saturated heterocycles. The molecule has 8 heteroatoms. The van der Waals surface area contributed by atoms with Gasteiger partial charge in [-0.3, -0.25) is 0 Å². The van der Waals surface area contributed by atoms with Crippen LogP contribution in [-0.2, 0) is 6.54 Å². The van der Waals surface area contributed by atoms with Gasteiger partial charge in [-0.2, -0.15) is 14.0 Å². The zero-order chi connectivity index (χ0) is 15.2. The van der Waals surface area contributed by atoms with Crippen molar-refractivity contribution < 1.29 is 13.5 Å². The van der Waals surface area contributed by atoms with Gasteiger partial charge in [-0.05, 0) is 18.2 Å². The van der Waals surface area contributed by atoms with Gasteiger partial charge in [-0.25, -0.2) is 9.97 Å². The van der Waals surface area contributed by atoms with Gasteiger partial charge >= 0.3 is 6.61 Å². The lowest BCUT2D eigenvalue weighted by Gasteiger charge is -2.12. The topological polar surface area (TPSA) is 70.8 Å². The van der Waals surface area contributed by atoms with Crippen molar-refractivity contribution in [2.75, 3.05) is 5.32 Å². The number of halogens is 3. The van der Waals surface area contributed by atoms with Crippen molar-refractivity contribution in [2.45, 2.75) is 13.2 Å². The molecule has 5 nitrogen and oxygen atoms in total. The summed E-state index contributed by atoms with van der Waals surface area (Å²) in [6.45, 7) is -2.75. The van der Waals surface area contributed by atoms with Gasteiger partial charge in [0.25, 0.3) is 0 Å². The Labute approximate surface area is 124 Å². The van der Waals surface area contributed by atoms with Crippen LogP contribution in [0.15, 0.2) is 30.6 Å². The summed E-state index contributed by atoms with van der Waals surface area (Å²) in [5, 5.41) is 11.9. The fourth-order valence-corrected chi connectivity index (χ4v) is 1.75. The second-order valence-corrected chi connectivity index (χ2v) is 4.32. The van der Waals surface area contributed by atoms with E-state index in [-0.39, 0.29) is 18.0 Å². The van der Waals surface area contributed by atoms with Crippen LogP contribution in [0.3, 0.4) is 0 Å². The summed E-state index contributed by atoms with van der Waals surface area (Å²) in [7, 11) is 0. The van der Waals surface area contributed by atoms with E-state index in [4.69, 9.17) is 16.9 Å². The van der Waals surface area contributed by atoms with E-state index in [1.54, 1.807) is 0 Å². The van der Waals surface area contributed by atoms with Crippen LogP contribution in [-0.4, -0.2) is 16.6 Å². The smallest absolute Gasteiger partial charge is 0.387 e. The van der Waals surface area contributed by atoms with Crippen molar-refractivity contribution in [1.29, 1.82) is 5.26 Å². The summed E-state index contributed by atoms with van der Waals surface area (Å²) in [4.78, 5) is 7.79. The SMILES string of the molecule is N#Cc1cnc(NCc2cc(Cl)ccc2OC(F)F)cn1. The number of hydrogen-bond acceptors (Lipinski definition) is 5. The lowest BCUT2D eigenvalue weighted by molar-refractivity contribution is -0.0504. The Morgan fingerprint density at radius 1 is 1.33 bits per heavy atom. The number of rotatable bonds is 5. The number of aromatic nitrogens is 2. The normalized spacial score (nSPS) is 10.2. The summed E-state index contributed by atoms with van der Waals surface area (Å²) < 4.78 is 29.1. The third-order valence-electron chi connectivity index (χ3n) is 2.46. The Morgan fingerprint density at radius 3 is 2.76 bits per heavy atom. The van der Waals surface area contributed by atoms with Crippen LogP contribution in [0.25, 0.3) is 0 Å². The van der Waals surface area contributed by atoms with Gasteiger partial charge in [-0.1, -0.05) is 11.6 Å². The maximum atomic E-state index is 12.3. The molecule has 21 heavy (non-hydrogen) atoms. The van der Waals surface area contributed by atoms with Crippen molar-refractivity contribution in [3.8, 4) is 11.8 Å². The molecule has 1 aromatic heterocycles. The van der Waals surface area contributed by atoms with Gasteiger partial charge in [0.05, 0.1) is 12.4 Å². The summed E-state index contributed by atoms with van der Waals surface area (Å²) in [6, 6.07) is 6.19. The van der Waals surface area contributed by atoms with Crippen LogP contribution in [0.2, 0.25) is 5.02 Å². The highest BCUT2D eigenvalue weighted by molar-refractivity contribution is 6.30. The molecule has 2 rings (SSSR count). The molecule has 0 unspecified atom stereocenters. The fraction of sp³-hybridized carbons (Fsp3) is 0.154. The summed E-state index contributed by atoms with van der Waals surface area (Å²) >= 11 is 5.84. The minimum Gasteiger partial charge on any atom is -0.434 e. The van der Waals surface area contributed by atoms with E-state index in [1.807, 2.05) is 6.07 Å². The molecule has 0 radical (unpaired) electrons. The highest BCUT2D eigenvalue weighted by Crippen LogP contribution is 2.25. The number of anilines is 1. The average Bonchev–Trinajstić information content (AvgIpc) is 2.47. The Hall–Kier alpha value is -2.46. The number of hydrogen-bond donors (Lipinski definition) is 1. The van der Waals surface area contributed by atoms with Gasteiger partial charge in [0, 0.05) is 17.1 Å². The van der Waals surface area contributed by atoms with E-state index in [1.165, 1.54) is 30.6 Å². The quantitative estimate of drug-likeness (QED) is 0.918. The highest BCUT2D eigenvalue weighted by Gasteiger charge is 2.10. The number of nitrogens with one attached hydrogen (secondary N) is 1. The molecule has 0 bridgehead atoms. The molecule has 0 aliphatic heterocycles. The van der Waals surface area contributed by atoms with Gasteiger partial charge in [-0.15, -0.1) is 0 Å². The third-order valence-corrected chi connectivity index (χ3v) is 2.70. The molecule has 0 atom stereocenters. The molecular formula is C13H9ClF2N4O. The summed E-state index contributed by atoms with van der Waals surface area (Å²) in [5.74, 6) is 0.431. The monoisotopic (exact) mass is 310 g/mol. The molecule has 0 fully saturated rings. The van der Waals surface area contributed by atoms with E-state index < -0.39 is 6.61 Å². The Kier molecular flexibility index (Phi) is 4.85. The van der Waals surface area contributed by atoms with E-state index in [0.717, 1.165) is 0 Å². The summed E-state index contributed by atoms with van der Waals surface area (Å²) in [6.07, 6.45) is 2.67. The Morgan fingerprint density at radius 2 is 2.14 bits per heavy atom. The van der Waals surface area contributed by atoms with Crippen LogP contribution < -0.4 is 10.1 Å². The number of alkyl halides is 2. The number of benzene rings is 1. The van der Waals surface area contributed by atoms with Crippen LogP contribution >= 0.6 is 11.6 Å². The van der Waals surface area contributed by atoms with E-state index in [0.29, 0.717) is 16.4 Å². The van der Waals surface area contributed by atoms with Crippen molar-refractivity contribution in [3.05, 3.63) is 46.9 Å². The largest absolute Gasteiger partial charge is 0.434 e. The molecule has 0 aliphatic rings. The second-order valence-electron chi connectivity index (χ2n) is 3.88. The summed E-state index contributed by atoms with van der Waals surface area (Å²) in [5.41, 5.74) is 0.638. The van der Waals surface area contributed by atoms with Gasteiger partial charge < -0.3 is 10.1 Å². The second kappa shape index (κ2) is 6.81. The zero-order valence-electron chi connectivity index (χ0n) is 10.6. The van der Waals surface area contributed by atoms with Crippen LogP contribution in [0.1, 0.15) is 11.3 Å². The van der Waals surface area contributed by atoms with E-state index in [2.05, 4.69) is 20.0 Å². The molecular weight excluding hydrogens is 302 g/mol. The maximum absolute atomic E-state index is 12.3. The molecule has 1 N–H and O–H groups in total. The number of ether oxygens (including phenoxy) is 1. The Balaban J connectivity index is 2.11. The maximum Gasteiger partial charge on any atom is 0.387 e. The third kappa shape index (κ3) is 4.26. The molecule has 0 aliphatic carbocycles. The average molecular weight is 311 g/mol. The Bertz CT molecular complexity index is 658. The minimum absolute atomic E-state index is 0.0310. The van der Waals surface area contributed by atoms with Gasteiger partial charge in [0.1, 0.15) is 17.6 Å². The molecule has 1 heterocycles. The lowest BCUT2D eigenvalue weighted by Crippen LogP contribution is -2.08. The first kappa shape index (κ1) is 14.9. The van der Waals surface area contributed by atoms with Crippen molar-refractivity contribution >= 4 is 17.4 Å². The number of nitriles is 1. The van der Waals surface area contributed by atoms with Crippen molar-refractivity contribution in [1.82, 2.24) is 9.97 Å². The lowest BCUT2D eigenvalue weighted by atomic mass is 10.2. The first-order chi connectivity index (χ1) is 10.1. The molecule has 108 valence electrons. The van der Waals surface area contributed by atoms with E-state index in [9.17, 15) is 8.78 Å². The zero-order valence-corrected chi connectivity index (χ0v) is 11.3. The first-order valence-corrected chi connectivity index (χ1v) is 6.15. The predicted octanol–water partition coefficient (Wildman–Crippen LogP) is 3.22. The molecule has 0 amide bonds.